The smallest absolute Gasteiger partial charge is 0.0484 e. The SMILES string of the molecule is C1=CCC2=Cc3ccccc3N(CCCCCCCCN3C4=CC=CCC4=Cc4ccccc43)C2=C1. The van der Waals surface area contributed by atoms with Crippen molar-refractivity contribution in [1.82, 2.24) is 0 Å². The van der Waals surface area contributed by atoms with Crippen molar-refractivity contribution < 1.29 is 0 Å². The first-order chi connectivity index (χ1) is 17.9. The molecular weight excluding hydrogens is 436 g/mol. The lowest BCUT2D eigenvalue weighted by atomic mass is 9.93. The van der Waals surface area contributed by atoms with Gasteiger partial charge in [0.05, 0.1) is 0 Å². The number of allylic oxidation sites excluding steroid dienone is 8. The fourth-order valence-corrected chi connectivity index (χ4v) is 6.00. The Bertz CT molecular complexity index is 1200. The highest BCUT2D eigenvalue weighted by molar-refractivity contribution is 5.81. The van der Waals surface area contributed by atoms with Gasteiger partial charge in [-0.2, -0.15) is 0 Å². The highest BCUT2D eigenvalue weighted by Crippen LogP contribution is 2.39. The van der Waals surface area contributed by atoms with Crippen molar-refractivity contribution in [2.24, 2.45) is 0 Å². The van der Waals surface area contributed by atoms with Gasteiger partial charge in [-0.05, 0) is 84.4 Å². The molecule has 0 bridgehead atoms. The predicted octanol–water partition coefficient (Wildman–Crippen LogP) is 8.82. The fourth-order valence-electron chi connectivity index (χ4n) is 6.00. The molecule has 0 amide bonds. The van der Waals surface area contributed by atoms with E-state index in [1.54, 1.807) is 0 Å². The van der Waals surface area contributed by atoms with Crippen molar-refractivity contribution in [1.29, 1.82) is 0 Å². The first-order valence-corrected chi connectivity index (χ1v) is 13.8. The zero-order valence-electron chi connectivity index (χ0n) is 21.2. The Morgan fingerprint density at radius 1 is 0.528 bits per heavy atom. The summed E-state index contributed by atoms with van der Waals surface area (Å²) in [6, 6.07) is 17.7. The molecule has 2 aromatic rings. The van der Waals surface area contributed by atoms with Gasteiger partial charge in [0, 0.05) is 35.9 Å². The van der Waals surface area contributed by atoms with Gasteiger partial charge in [0.1, 0.15) is 0 Å². The lowest BCUT2D eigenvalue weighted by Gasteiger charge is -2.35. The van der Waals surface area contributed by atoms with E-state index < -0.39 is 0 Å². The van der Waals surface area contributed by atoms with E-state index in [9.17, 15) is 0 Å². The van der Waals surface area contributed by atoms with Crippen molar-refractivity contribution in [2.75, 3.05) is 22.9 Å². The third-order valence-electron chi connectivity index (χ3n) is 7.82. The Kier molecular flexibility index (Phi) is 6.76. The molecule has 2 aliphatic heterocycles. The number of rotatable bonds is 9. The molecule has 2 aromatic carbocycles. The molecule has 182 valence electrons. The summed E-state index contributed by atoms with van der Waals surface area (Å²) < 4.78 is 0. The first-order valence-electron chi connectivity index (χ1n) is 13.8. The molecule has 0 aromatic heterocycles. The zero-order chi connectivity index (χ0) is 24.2. The number of benzene rings is 2. The molecule has 2 nitrogen and oxygen atoms in total. The Labute approximate surface area is 216 Å². The Hall–Kier alpha value is -3.52. The number of unbranched alkanes of at least 4 members (excludes halogenated alkanes) is 5. The van der Waals surface area contributed by atoms with Gasteiger partial charge in [-0.3, -0.25) is 0 Å². The van der Waals surface area contributed by atoms with Gasteiger partial charge in [-0.15, -0.1) is 0 Å². The van der Waals surface area contributed by atoms with Crippen LogP contribution in [0.4, 0.5) is 11.4 Å². The maximum absolute atomic E-state index is 2.55. The van der Waals surface area contributed by atoms with E-state index >= 15 is 0 Å². The van der Waals surface area contributed by atoms with Crippen LogP contribution in [0.3, 0.4) is 0 Å². The maximum atomic E-state index is 2.55. The lowest BCUT2D eigenvalue weighted by molar-refractivity contribution is 0.592. The number of hydrogen-bond donors (Lipinski definition) is 0. The molecule has 0 fully saturated rings. The van der Waals surface area contributed by atoms with Gasteiger partial charge in [-0.1, -0.05) is 86.4 Å². The monoisotopic (exact) mass is 472 g/mol. The summed E-state index contributed by atoms with van der Waals surface area (Å²) in [6.45, 7) is 2.21. The minimum absolute atomic E-state index is 1.04. The van der Waals surface area contributed by atoms with E-state index in [0.29, 0.717) is 0 Å². The van der Waals surface area contributed by atoms with Crippen LogP contribution in [0.1, 0.15) is 62.5 Å². The quantitative estimate of drug-likeness (QED) is 0.336. The third kappa shape index (κ3) is 4.65. The van der Waals surface area contributed by atoms with Crippen molar-refractivity contribution in [3.05, 3.63) is 119 Å². The Morgan fingerprint density at radius 2 is 0.972 bits per heavy atom. The predicted molar refractivity (Wildman–Crippen MR) is 155 cm³/mol. The van der Waals surface area contributed by atoms with Crippen molar-refractivity contribution in [3.8, 4) is 0 Å². The molecule has 0 radical (unpaired) electrons. The van der Waals surface area contributed by atoms with Crippen molar-refractivity contribution in [2.45, 2.75) is 51.4 Å². The highest BCUT2D eigenvalue weighted by atomic mass is 15.2. The van der Waals surface area contributed by atoms with Gasteiger partial charge in [0.25, 0.3) is 0 Å². The van der Waals surface area contributed by atoms with Gasteiger partial charge >= 0.3 is 0 Å². The summed E-state index contributed by atoms with van der Waals surface area (Å²) in [7, 11) is 0. The van der Waals surface area contributed by atoms with E-state index in [1.807, 2.05) is 0 Å². The molecule has 0 spiro atoms. The molecule has 0 atom stereocenters. The van der Waals surface area contributed by atoms with E-state index in [4.69, 9.17) is 0 Å². The van der Waals surface area contributed by atoms with Crippen LogP contribution in [-0.2, 0) is 0 Å². The fraction of sp³-hybridized carbons (Fsp3) is 0.294. The second-order valence-electron chi connectivity index (χ2n) is 10.2. The number of hydrogen-bond acceptors (Lipinski definition) is 2. The normalized spacial score (nSPS) is 17.3. The van der Waals surface area contributed by atoms with Crippen LogP contribution in [0.2, 0.25) is 0 Å². The van der Waals surface area contributed by atoms with Crippen molar-refractivity contribution >= 4 is 23.5 Å². The minimum Gasteiger partial charge on any atom is -0.341 e. The van der Waals surface area contributed by atoms with Gasteiger partial charge < -0.3 is 9.80 Å². The Morgan fingerprint density at radius 3 is 1.47 bits per heavy atom. The second kappa shape index (κ2) is 10.6. The highest BCUT2D eigenvalue weighted by Gasteiger charge is 2.24. The summed E-state index contributed by atoms with van der Waals surface area (Å²) in [5.74, 6) is 0. The molecular formula is C34H36N2. The molecule has 0 saturated carbocycles. The molecule has 0 saturated heterocycles. The summed E-state index contributed by atoms with van der Waals surface area (Å²) in [4.78, 5) is 5.11. The van der Waals surface area contributed by atoms with Crippen LogP contribution in [0, 0.1) is 0 Å². The number of fused-ring (bicyclic) bond motifs is 4. The average Bonchev–Trinajstić information content (AvgIpc) is 2.93. The summed E-state index contributed by atoms with van der Waals surface area (Å²) in [5.41, 5.74) is 11.2. The standard InChI is InChI=1S/C34H36N2/c1(3-13-23-35-31-19-9-5-15-27(31)25-28-16-6-10-20-32(28)35)2-4-14-24-36-33-21-11-7-17-29(33)26-30-18-8-12-22-34(30)36/h5-12,15,17,19-22,25-26H,1-4,13-14,16,18,23-24H2. The van der Waals surface area contributed by atoms with Crippen LogP contribution >= 0.6 is 0 Å². The van der Waals surface area contributed by atoms with Crippen LogP contribution < -0.4 is 9.80 Å². The number of para-hydroxylation sites is 2. The number of nitrogens with zero attached hydrogens (tertiary/aromatic N) is 2. The molecule has 0 N–H and O–H groups in total. The zero-order valence-corrected chi connectivity index (χ0v) is 21.2. The minimum atomic E-state index is 1.04. The summed E-state index contributed by atoms with van der Waals surface area (Å²) >= 11 is 0. The van der Waals surface area contributed by atoms with Gasteiger partial charge in [0.15, 0.2) is 0 Å². The lowest BCUT2D eigenvalue weighted by Crippen LogP contribution is -2.28. The molecule has 6 rings (SSSR count). The van der Waals surface area contributed by atoms with Crippen LogP contribution in [0.15, 0.2) is 108 Å². The van der Waals surface area contributed by atoms with E-state index in [-0.39, 0.29) is 0 Å². The average molecular weight is 473 g/mol. The second-order valence-corrected chi connectivity index (χ2v) is 10.2. The van der Waals surface area contributed by atoms with Crippen LogP contribution in [-0.4, -0.2) is 13.1 Å². The van der Waals surface area contributed by atoms with E-state index in [0.717, 1.165) is 25.9 Å². The molecule has 2 aliphatic carbocycles. The molecule has 2 heteroatoms. The molecule has 36 heavy (non-hydrogen) atoms. The molecule has 4 aliphatic rings. The topological polar surface area (TPSA) is 6.48 Å². The molecule has 0 unspecified atom stereocenters. The number of anilines is 2. The summed E-state index contributed by atoms with van der Waals surface area (Å²) in [6.07, 6.45) is 28.1. The third-order valence-corrected chi connectivity index (χ3v) is 7.82. The Balaban J connectivity index is 0.980. The van der Waals surface area contributed by atoms with Crippen LogP contribution in [0.5, 0.6) is 0 Å². The van der Waals surface area contributed by atoms with Crippen molar-refractivity contribution in [3.63, 3.8) is 0 Å². The maximum Gasteiger partial charge on any atom is 0.0484 e. The molecule has 2 heterocycles. The summed E-state index contributed by atoms with van der Waals surface area (Å²) in [5, 5.41) is 0. The van der Waals surface area contributed by atoms with E-state index in [2.05, 4.69) is 107 Å². The van der Waals surface area contributed by atoms with E-state index in [1.165, 1.54) is 83.6 Å². The first kappa shape index (κ1) is 22.9. The largest absolute Gasteiger partial charge is 0.341 e. The van der Waals surface area contributed by atoms with Gasteiger partial charge in [0.2, 0.25) is 0 Å². The van der Waals surface area contributed by atoms with Gasteiger partial charge in [-0.25, -0.2) is 0 Å². The van der Waals surface area contributed by atoms with Crippen LogP contribution in [0.25, 0.3) is 12.2 Å².